The first-order valence-electron chi connectivity index (χ1n) is 7.77. The van der Waals surface area contributed by atoms with Gasteiger partial charge in [0.15, 0.2) is 0 Å². The first-order valence-corrected chi connectivity index (χ1v) is 9.66. The zero-order valence-electron chi connectivity index (χ0n) is 14.0. The van der Waals surface area contributed by atoms with E-state index in [0.717, 1.165) is 31.1 Å². The Bertz CT molecular complexity index is 686. The lowest BCUT2D eigenvalue weighted by molar-refractivity contribution is -0.137. The van der Waals surface area contributed by atoms with Gasteiger partial charge in [-0.05, 0) is 31.9 Å². The minimum absolute atomic E-state index is 0.163. The fourth-order valence-corrected chi connectivity index (χ4v) is 2.76. The molecule has 0 bridgehead atoms. The second kappa shape index (κ2) is 9.27. The molecule has 3 N–H and O–H groups in total. The molecule has 0 fully saturated rings. The van der Waals surface area contributed by atoms with E-state index < -0.39 is 16.0 Å². The summed E-state index contributed by atoms with van der Waals surface area (Å²) in [6.45, 7) is 2.28. The van der Waals surface area contributed by atoms with Crippen molar-refractivity contribution in [3.63, 3.8) is 0 Å². The summed E-state index contributed by atoms with van der Waals surface area (Å²) in [6, 6.07) is 4.93. The third-order valence-electron chi connectivity index (χ3n) is 3.32. The van der Waals surface area contributed by atoms with Gasteiger partial charge in [-0.25, -0.2) is 8.42 Å². The van der Waals surface area contributed by atoms with Crippen molar-refractivity contribution in [1.29, 1.82) is 0 Å². The van der Waals surface area contributed by atoms with Crippen LogP contribution in [0.15, 0.2) is 18.2 Å². The third kappa shape index (κ3) is 7.96. The number of benzene rings is 1. The van der Waals surface area contributed by atoms with Gasteiger partial charge in [0, 0.05) is 13.0 Å². The molecular formula is C16H24N2O5S. The fraction of sp³-hybridized carbons (Fsp3) is 0.500. The van der Waals surface area contributed by atoms with Gasteiger partial charge in [0.1, 0.15) is 0 Å². The van der Waals surface area contributed by atoms with E-state index in [0.29, 0.717) is 13.0 Å². The number of unbranched alkanes of at least 4 members (excludes halogenated alkanes) is 3. The van der Waals surface area contributed by atoms with Crippen LogP contribution in [0.5, 0.6) is 0 Å². The summed E-state index contributed by atoms with van der Waals surface area (Å²) in [6.07, 6.45) is 4.20. The number of anilines is 1. The summed E-state index contributed by atoms with van der Waals surface area (Å²) < 4.78 is 25.1. The van der Waals surface area contributed by atoms with Crippen molar-refractivity contribution in [2.45, 2.75) is 39.0 Å². The lowest BCUT2D eigenvalue weighted by Gasteiger charge is -2.12. The summed E-state index contributed by atoms with van der Waals surface area (Å²) in [5.41, 5.74) is 1.39. The first-order chi connectivity index (χ1) is 11.2. The van der Waals surface area contributed by atoms with E-state index in [1.54, 1.807) is 18.2 Å². The molecule has 0 heterocycles. The van der Waals surface area contributed by atoms with Gasteiger partial charge in [-0.3, -0.25) is 14.3 Å². The molecule has 0 aliphatic rings. The molecule has 1 aromatic rings. The molecule has 1 amide bonds. The molecule has 0 aromatic heterocycles. The van der Waals surface area contributed by atoms with Crippen LogP contribution in [0.3, 0.4) is 0 Å². The zero-order chi connectivity index (χ0) is 18.2. The number of aliphatic carboxylic acids is 1. The van der Waals surface area contributed by atoms with E-state index in [9.17, 15) is 18.0 Å². The standard InChI is InChI=1S/C16H24N2O5S/c1-12-8-9-14(18-24(2,22)23)13(11-12)16(21)17-10-6-4-3-5-7-15(19)20/h8-9,11,18H,3-7,10H2,1-2H3,(H,17,21)(H,19,20). The molecule has 0 unspecified atom stereocenters. The molecule has 1 aromatic carbocycles. The van der Waals surface area contributed by atoms with Crippen molar-refractivity contribution in [2.24, 2.45) is 0 Å². The van der Waals surface area contributed by atoms with Gasteiger partial charge < -0.3 is 10.4 Å². The van der Waals surface area contributed by atoms with E-state index in [1.807, 2.05) is 6.92 Å². The zero-order valence-corrected chi connectivity index (χ0v) is 14.8. The van der Waals surface area contributed by atoms with E-state index in [4.69, 9.17) is 5.11 Å². The van der Waals surface area contributed by atoms with Crippen molar-refractivity contribution in [3.8, 4) is 0 Å². The molecular weight excluding hydrogens is 332 g/mol. The van der Waals surface area contributed by atoms with Crippen LogP contribution >= 0.6 is 0 Å². The average Bonchev–Trinajstić information content (AvgIpc) is 2.46. The smallest absolute Gasteiger partial charge is 0.303 e. The van der Waals surface area contributed by atoms with Crippen LogP contribution in [0, 0.1) is 6.92 Å². The molecule has 134 valence electrons. The van der Waals surface area contributed by atoms with Gasteiger partial charge in [-0.2, -0.15) is 0 Å². The molecule has 0 radical (unpaired) electrons. The van der Waals surface area contributed by atoms with Gasteiger partial charge >= 0.3 is 5.97 Å². The first kappa shape index (κ1) is 20.0. The Hall–Kier alpha value is -2.09. The molecule has 0 atom stereocenters. The molecule has 0 saturated heterocycles. The maximum atomic E-state index is 12.3. The highest BCUT2D eigenvalue weighted by atomic mass is 32.2. The topological polar surface area (TPSA) is 113 Å². The fourth-order valence-electron chi connectivity index (χ4n) is 2.19. The number of carbonyl (C=O) groups excluding carboxylic acids is 1. The maximum Gasteiger partial charge on any atom is 0.303 e. The number of carbonyl (C=O) groups is 2. The van der Waals surface area contributed by atoms with Crippen molar-refractivity contribution < 1.29 is 23.1 Å². The highest BCUT2D eigenvalue weighted by Gasteiger charge is 2.14. The van der Waals surface area contributed by atoms with Crippen LogP contribution < -0.4 is 10.0 Å². The van der Waals surface area contributed by atoms with Crippen LogP contribution in [0.1, 0.15) is 48.0 Å². The highest BCUT2D eigenvalue weighted by molar-refractivity contribution is 7.92. The van der Waals surface area contributed by atoms with Crippen LogP contribution in [0.25, 0.3) is 0 Å². The van der Waals surface area contributed by atoms with Crippen molar-refractivity contribution >= 4 is 27.6 Å². The van der Waals surface area contributed by atoms with Crippen molar-refractivity contribution in [2.75, 3.05) is 17.5 Å². The van der Waals surface area contributed by atoms with Crippen LogP contribution in [0.2, 0.25) is 0 Å². The molecule has 0 aliphatic heterocycles. The Labute approximate surface area is 142 Å². The highest BCUT2D eigenvalue weighted by Crippen LogP contribution is 2.18. The maximum absolute atomic E-state index is 12.3. The lowest BCUT2D eigenvalue weighted by atomic mass is 10.1. The minimum Gasteiger partial charge on any atom is -0.481 e. The third-order valence-corrected chi connectivity index (χ3v) is 3.91. The summed E-state index contributed by atoms with van der Waals surface area (Å²) in [5.74, 6) is -1.14. The quantitative estimate of drug-likeness (QED) is 0.556. The number of hydrogen-bond donors (Lipinski definition) is 3. The summed E-state index contributed by atoms with van der Waals surface area (Å²) in [4.78, 5) is 22.6. The van der Waals surface area contributed by atoms with Crippen LogP contribution in [-0.4, -0.2) is 38.2 Å². The Morgan fingerprint density at radius 3 is 2.42 bits per heavy atom. The van der Waals surface area contributed by atoms with Gasteiger partial charge in [-0.1, -0.05) is 24.5 Å². The molecule has 0 aliphatic carbocycles. The number of amides is 1. The van der Waals surface area contributed by atoms with E-state index in [2.05, 4.69) is 10.0 Å². The van der Waals surface area contributed by atoms with Gasteiger partial charge in [0.05, 0.1) is 17.5 Å². The Morgan fingerprint density at radius 1 is 1.12 bits per heavy atom. The van der Waals surface area contributed by atoms with E-state index >= 15 is 0 Å². The largest absolute Gasteiger partial charge is 0.481 e. The molecule has 0 saturated carbocycles. The number of nitrogens with one attached hydrogen (secondary N) is 2. The van der Waals surface area contributed by atoms with E-state index in [-0.39, 0.29) is 23.6 Å². The Kier molecular flexibility index (Phi) is 7.70. The molecule has 7 nitrogen and oxygen atoms in total. The lowest BCUT2D eigenvalue weighted by Crippen LogP contribution is -2.26. The number of carboxylic acid groups (broad SMARTS) is 1. The number of sulfonamides is 1. The summed E-state index contributed by atoms with van der Waals surface area (Å²) in [5, 5.41) is 11.3. The minimum atomic E-state index is -3.47. The van der Waals surface area contributed by atoms with Crippen LogP contribution in [0.4, 0.5) is 5.69 Å². The van der Waals surface area contributed by atoms with Gasteiger partial charge in [0.2, 0.25) is 10.0 Å². The van der Waals surface area contributed by atoms with Crippen molar-refractivity contribution in [1.82, 2.24) is 5.32 Å². The molecule has 0 spiro atoms. The van der Waals surface area contributed by atoms with Gasteiger partial charge in [-0.15, -0.1) is 0 Å². The van der Waals surface area contributed by atoms with Crippen LogP contribution in [-0.2, 0) is 14.8 Å². The number of aryl methyl sites for hydroxylation is 1. The Morgan fingerprint density at radius 2 is 1.79 bits per heavy atom. The molecule has 8 heteroatoms. The monoisotopic (exact) mass is 356 g/mol. The second-order valence-corrected chi connectivity index (χ2v) is 7.49. The summed E-state index contributed by atoms with van der Waals surface area (Å²) >= 11 is 0. The SMILES string of the molecule is Cc1ccc(NS(C)(=O)=O)c(C(=O)NCCCCCCC(=O)O)c1. The second-order valence-electron chi connectivity index (χ2n) is 5.74. The normalized spacial score (nSPS) is 11.1. The predicted molar refractivity (Wildman–Crippen MR) is 92.7 cm³/mol. The number of hydrogen-bond acceptors (Lipinski definition) is 4. The molecule has 1 rings (SSSR count). The Balaban J connectivity index is 2.52. The average molecular weight is 356 g/mol. The van der Waals surface area contributed by atoms with E-state index in [1.165, 1.54) is 0 Å². The molecule has 24 heavy (non-hydrogen) atoms. The summed E-state index contributed by atoms with van der Waals surface area (Å²) in [7, 11) is -3.47. The number of carboxylic acids is 1. The predicted octanol–water partition coefficient (Wildman–Crippen LogP) is 2.13. The number of rotatable bonds is 10. The van der Waals surface area contributed by atoms with Crippen molar-refractivity contribution in [3.05, 3.63) is 29.3 Å². The van der Waals surface area contributed by atoms with Gasteiger partial charge in [0.25, 0.3) is 5.91 Å².